The SMILES string of the molecule is [Ga+3].[La+3].[Mg+2].[Sr+2]. The van der Waals surface area contributed by atoms with E-state index in [1.54, 1.807) is 0 Å². The van der Waals surface area contributed by atoms with Crippen LogP contribution in [0.2, 0.25) is 0 Å². The summed E-state index contributed by atoms with van der Waals surface area (Å²) in [6.45, 7) is 0. The van der Waals surface area contributed by atoms with Crippen molar-refractivity contribution >= 4 is 88.3 Å². The van der Waals surface area contributed by atoms with Crippen LogP contribution in [0.3, 0.4) is 0 Å². The Morgan fingerprint density at radius 1 is 1.00 bits per heavy atom. The van der Waals surface area contributed by atoms with E-state index in [-0.39, 0.29) is 124 Å². The van der Waals surface area contributed by atoms with Crippen molar-refractivity contribution in [1.29, 1.82) is 0 Å². The van der Waals surface area contributed by atoms with Crippen LogP contribution in [0.25, 0.3) is 0 Å². The summed E-state index contributed by atoms with van der Waals surface area (Å²) in [6, 6.07) is 0. The monoisotopic (exact) mass is 320 g/mol. The van der Waals surface area contributed by atoms with Crippen molar-refractivity contribution in [2.75, 3.05) is 0 Å². The fraction of sp³-hybridized carbons (Fsp3) is 0. The Bertz CT molecular complexity index is 8.00. The molecular weight excluding hydrogens is 321 g/mol. The van der Waals surface area contributed by atoms with Crippen molar-refractivity contribution in [3.05, 3.63) is 0 Å². The number of rotatable bonds is 0. The van der Waals surface area contributed by atoms with Gasteiger partial charge in [-0.05, 0) is 0 Å². The van der Waals surface area contributed by atoms with Crippen molar-refractivity contribution in [1.82, 2.24) is 0 Å². The standard InChI is InChI=1S/Ga.La.Mg.Sr/q2*+3;2*+2. The van der Waals surface area contributed by atoms with Gasteiger partial charge in [-0.25, -0.2) is 0 Å². The maximum Gasteiger partial charge on any atom is 3.00 e. The summed E-state index contributed by atoms with van der Waals surface area (Å²) < 4.78 is 0. The van der Waals surface area contributed by atoms with Crippen LogP contribution in [0.5, 0.6) is 0 Å². The van der Waals surface area contributed by atoms with E-state index in [0.717, 1.165) is 0 Å². The molecule has 0 saturated heterocycles. The Morgan fingerprint density at radius 3 is 1.00 bits per heavy atom. The van der Waals surface area contributed by atoms with Gasteiger partial charge in [0.1, 0.15) is 0 Å². The molecule has 0 aliphatic rings. The van der Waals surface area contributed by atoms with E-state index in [4.69, 9.17) is 0 Å². The Labute approximate surface area is 120 Å². The van der Waals surface area contributed by atoms with Crippen LogP contribution in [0.15, 0.2) is 0 Å². The molecule has 0 aliphatic carbocycles. The predicted molar refractivity (Wildman–Crippen MR) is 17.3 cm³/mol. The third kappa shape index (κ3) is 9.42. The zero-order chi connectivity index (χ0) is 0. The molecule has 0 amide bonds. The van der Waals surface area contributed by atoms with E-state index >= 15 is 0 Å². The quantitative estimate of drug-likeness (QED) is 0.495. The molecule has 0 saturated carbocycles. The molecule has 0 radical (unpaired) electrons. The molecule has 0 heterocycles. The Kier molecular flexibility index (Phi) is 95.7. The first-order chi connectivity index (χ1) is 0. The zero-order valence-electron chi connectivity index (χ0n) is 2.57. The first-order valence-electron chi connectivity index (χ1n) is 0. The summed E-state index contributed by atoms with van der Waals surface area (Å²) in [5, 5.41) is 0. The van der Waals surface area contributed by atoms with Crippen LogP contribution in [0.1, 0.15) is 0 Å². The van der Waals surface area contributed by atoms with Crippen LogP contribution in [0.4, 0.5) is 0 Å². The van der Waals surface area contributed by atoms with Crippen LogP contribution in [-0.2, 0) is 0 Å². The third-order valence-electron chi connectivity index (χ3n) is 0. The molecule has 0 spiro atoms. The second kappa shape index (κ2) is 15.7. The van der Waals surface area contributed by atoms with Gasteiger partial charge in [-0.3, -0.25) is 0 Å². The summed E-state index contributed by atoms with van der Waals surface area (Å²) >= 11 is 0. The first-order valence-corrected chi connectivity index (χ1v) is 0. The van der Waals surface area contributed by atoms with E-state index in [1.165, 1.54) is 0 Å². The van der Waals surface area contributed by atoms with Gasteiger partial charge in [-0.15, -0.1) is 0 Å². The van der Waals surface area contributed by atoms with E-state index in [9.17, 15) is 0 Å². The van der Waals surface area contributed by atoms with Crippen LogP contribution in [0, 0.1) is 35.6 Å². The normalized spacial score (nSPS) is 0. The molecule has 0 atom stereocenters. The first kappa shape index (κ1) is 24.3. The molecule has 0 nitrogen and oxygen atoms in total. The Balaban J connectivity index is 0. The van der Waals surface area contributed by atoms with Crippen LogP contribution in [-0.4, -0.2) is 88.3 Å². The molecule has 4 heteroatoms. The van der Waals surface area contributed by atoms with Crippen LogP contribution >= 0.6 is 0 Å². The molecule has 4 heavy (non-hydrogen) atoms. The fourth-order valence-electron chi connectivity index (χ4n) is 0. The molecule has 0 aromatic carbocycles. The molecule has 0 unspecified atom stereocenters. The summed E-state index contributed by atoms with van der Waals surface area (Å²) in [6.07, 6.45) is 0. The minimum atomic E-state index is 0. The van der Waals surface area contributed by atoms with Crippen molar-refractivity contribution in [3.63, 3.8) is 0 Å². The van der Waals surface area contributed by atoms with Gasteiger partial charge in [0, 0.05) is 0 Å². The number of hydrogen-bond donors (Lipinski definition) is 0. The molecular formula is GaLaMgSr+10. The predicted octanol–water partition coefficient (Wildman–Crippen LogP) is -1.14. The van der Waals surface area contributed by atoms with Gasteiger partial charge in [0.05, 0.1) is 0 Å². The van der Waals surface area contributed by atoms with Gasteiger partial charge < -0.3 is 0 Å². The van der Waals surface area contributed by atoms with Gasteiger partial charge >= 0.3 is 124 Å². The van der Waals surface area contributed by atoms with E-state index in [2.05, 4.69) is 0 Å². The van der Waals surface area contributed by atoms with Crippen molar-refractivity contribution in [2.45, 2.75) is 0 Å². The molecule has 0 N–H and O–H groups in total. The van der Waals surface area contributed by atoms with Crippen LogP contribution < -0.4 is 0 Å². The largest absolute Gasteiger partial charge is 3.00 e. The van der Waals surface area contributed by atoms with Crippen molar-refractivity contribution < 1.29 is 35.6 Å². The maximum atomic E-state index is 0. The third-order valence-corrected chi connectivity index (χ3v) is 0. The van der Waals surface area contributed by atoms with E-state index < -0.39 is 0 Å². The average molecular weight is 321 g/mol. The molecule has 0 bridgehead atoms. The molecule has 0 aliphatic heterocycles. The van der Waals surface area contributed by atoms with Gasteiger partial charge in [-0.1, -0.05) is 0 Å². The van der Waals surface area contributed by atoms with Gasteiger partial charge in [0.15, 0.2) is 0 Å². The fourth-order valence-corrected chi connectivity index (χ4v) is 0. The topological polar surface area (TPSA) is 0 Å². The summed E-state index contributed by atoms with van der Waals surface area (Å²) in [5.41, 5.74) is 0. The number of hydrogen-bond acceptors (Lipinski definition) is 0. The minimum Gasteiger partial charge on any atom is 2.00 e. The Hall–Kier alpha value is 4.08. The maximum absolute atomic E-state index is 0. The summed E-state index contributed by atoms with van der Waals surface area (Å²) in [7, 11) is 0. The van der Waals surface area contributed by atoms with Crippen molar-refractivity contribution in [3.8, 4) is 0 Å². The summed E-state index contributed by atoms with van der Waals surface area (Å²) in [5.74, 6) is 0. The average Bonchev–Trinajstić information content (AvgIpc) is 0. The molecule has 0 aromatic heterocycles. The van der Waals surface area contributed by atoms with Gasteiger partial charge in [-0.2, -0.15) is 0 Å². The second-order valence-corrected chi connectivity index (χ2v) is 0. The van der Waals surface area contributed by atoms with E-state index in [1.807, 2.05) is 0 Å². The molecule has 0 valence electrons. The molecule has 0 rings (SSSR count). The molecule has 0 fully saturated rings. The van der Waals surface area contributed by atoms with Crippen molar-refractivity contribution in [2.24, 2.45) is 0 Å². The minimum absolute atomic E-state index is 0. The van der Waals surface area contributed by atoms with Gasteiger partial charge in [0.2, 0.25) is 0 Å². The summed E-state index contributed by atoms with van der Waals surface area (Å²) in [4.78, 5) is 0. The van der Waals surface area contributed by atoms with E-state index in [0.29, 0.717) is 0 Å². The smallest absolute Gasteiger partial charge is 2.00 e. The molecule has 0 aromatic rings. The van der Waals surface area contributed by atoms with Gasteiger partial charge in [0.25, 0.3) is 0 Å². The second-order valence-electron chi connectivity index (χ2n) is 0. The Morgan fingerprint density at radius 2 is 1.00 bits per heavy atom. The zero-order valence-corrected chi connectivity index (χ0v) is 13.5.